The highest BCUT2D eigenvalue weighted by molar-refractivity contribution is 6.03. The number of carbonyl (C=O) groups is 3. The van der Waals surface area contributed by atoms with Crippen LogP contribution in [-0.4, -0.2) is 38.1 Å². The number of nitrogens with zero attached hydrogens (tertiary/aromatic N) is 4. The zero-order chi connectivity index (χ0) is 27.4. The van der Waals surface area contributed by atoms with Gasteiger partial charge < -0.3 is 5.32 Å². The topological polar surface area (TPSA) is 97.2 Å². The molecule has 0 spiro atoms. The summed E-state index contributed by atoms with van der Waals surface area (Å²) < 4.78 is 1.53. The van der Waals surface area contributed by atoms with Gasteiger partial charge in [0, 0.05) is 16.8 Å². The molecule has 8 nitrogen and oxygen atoms in total. The van der Waals surface area contributed by atoms with Gasteiger partial charge in [-0.05, 0) is 69.5 Å². The number of aryl methyl sites for hydroxylation is 1. The van der Waals surface area contributed by atoms with Crippen LogP contribution in [0.1, 0.15) is 62.1 Å². The Kier molecular flexibility index (Phi) is 7.71. The number of carbonyl (C=O) groups excluding carboxylic acids is 3. The van der Waals surface area contributed by atoms with Crippen LogP contribution in [0, 0.1) is 0 Å². The molecule has 4 rings (SSSR count). The third kappa shape index (κ3) is 5.96. The van der Waals surface area contributed by atoms with E-state index in [1.807, 2.05) is 69.3 Å². The maximum atomic E-state index is 14.1. The van der Waals surface area contributed by atoms with Crippen LogP contribution >= 0.6 is 0 Å². The highest BCUT2D eigenvalue weighted by Gasteiger charge is 2.35. The van der Waals surface area contributed by atoms with Crippen molar-refractivity contribution in [3.05, 3.63) is 89.5 Å². The fourth-order valence-electron chi connectivity index (χ4n) is 4.34. The number of Topliss-reactive ketones (excluding diaryl/α,β-unsaturated/α-hetero) is 1. The molecule has 1 heterocycles. The second kappa shape index (κ2) is 11.0. The van der Waals surface area contributed by atoms with E-state index >= 15 is 0 Å². The van der Waals surface area contributed by atoms with Gasteiger partial charge in [0.2, 0.25) is 11.8 Å². The van der Waals surface area contributed by atoms with Crippen LogP contribution in [0.5, 0.6) is 0 Å². The molecule has 0 radical (unpaired) electrons. The lowest BCUT2D eigenvalue weighted by molar-refractivity contribution is -0.128. The average molecular weight is 512 g/mol. The first-order valence-corrected chi connectivity index (χ1v) is 12.7. The van der Waals surface area contributed by atoms with E-state index in [4.69, 9.17) is 0 Å². The van der Waals surface area contributed by atoms with Gasteiger partial charge in [0.1, 0.15) is 18.1 Å². The second-order valence-electron chi connectivity index (χ2n) is 10.3. The van der Waals surface area contributed by atoms with Crippen molar-refractivity contribution in [3.63, 3.8) is 0 Å². The van der Waals surface area contributed by atoms with Crippen molar-refractivity contribution in [3.8, 4) is 0 Å². The van der Waals surface area contributed by atoms with Crippen molar-refractivity contribution < 1.29 is 14.4 Å². The van der Waals surface area contributed by atoms with E-state index in [0.29, 0.717) is 27.8 Å². The fourth-order valence-corrected chi connectivity index (χ4v) is 4.34. The molecular formula is C30H33N5O3. The van der Waals surface area contributed by atoms with Crippen LogP contribution < -0.4 is 10.2 Å². The largest absolute Gasteiger partial charge is 0.349 e. The Hall–Kier alpha value is -4.33. The molecule has 0 bridgehead atoms. The van der Waals surface area contributed by atoms with Gasteiger partial charge in [-0.25, -0.2) is 4.68 Å². The monoisotopic (exact) mass is 511 g/mol. The maximum Gasteiger partial charge on any atom is 0.249 e. The third-order valence-corrected chi connectivity index (χ3v) is 6.21. The minimum absolute atomic E-state index is 0.135. The smallest absolute Gasteiger partial charge is 0.249 e. The summed E-state index contributed by atoms with van der Waals surface area (Å²) in [6.07, 6.45) is 0.849. The minimum Gasteiger partial charge on any atom is -0.349 e. The SMILES string of the molecule is CCc1ccc(C(C(=O)NC(C)(C)C)N(C(=O)Cn2nnc3ccccc32)c2cccc(C(C)=O)c2)cc1. The number of hydrogen-bond donors (Lipinski definition) is 1. The van der Waals surface area contributed by atoms with Crippen molar-refractivity contribution >= 4 is 34.3 Å². The van der Waals surface area contributed by atoms with Crippen molar-refractivity contribution in [1.29, 1.82) is 0 Å². The van der Waals surface area contributed by atoms with Crippen molar-refractivity contribution in [2.75, 3.05) is 4.90 Å². The zero-order valence-electron chi connectivity index (χ0n) is 22.4. The van der Waals surface area contributed by atoms with Crippen molar-refractivity contribution in [1.82, 2.24) is 20.3 Å². The fraction of sp³-hybridized carbons (Fsp3) is 0.300. The molecule has 8 heteroatoms. The molecule has 0 aliphatic heterocycles. The molecule has 0 aliphatic rings. The minimum atomic E-state index is -0.982. The molecule has 0 saturated carbocycles. The molecule has 1 N–H and O–H groups in total. The molecule has 0 aliphatic carbocycles. The van der Waals surface area contributed by atoms with Gasteiger partial charge in [-0.3, -0.25) is 19.3 Å². The summed E-state index contributed by atoms with van der Waals surface area (Å²) in [7, 11) is 0. The van der Waals surface area contributed by atoms with Gasteiger partial charge in [0.25, 0.3) is 0 Å². The molecule has 4 aromatic rings. The molecule has 38 heavy (non-hydrogen) atoms. The van der Waals surface area contributed by atoms with E-state index in [0.717, 1.165) is 12.0 Å². The quantitative estimate of drug-likeness (QED) is 0.340. The maximum absolute atomic E-state index is 14.1. The molecule has 1 atom stereocenters. The number of amides is 2. The number of hydrogen-bond acceptors (Lipinski definition) is 5. The molecule has 1 aromatic heterocycles. The molecular weight excluding hydrogens is 478 g/mol. The first kappa shape index (κ1) is 26.7. The molecule has 2 amide bonds. The van der Waals surface area contributed by atoms with Gasteiger partial charge in [0.15, 0.2) is 5.78 Å². The number of fused-ring (bicyclic) bond motifs is 1. The average Bonchev–Trinajstić information content (AvgIpc) is 3.29. The van der Waals surface area contributed by atoms with Crippen LogP contribution in [0.3, 0.4) is 0 Å². The van der Waals surface area contributed by atoms with E-state index in [9.17, 15) is 14.4 Å². The molecule has 0 saturated heterocycles. The Labute approximate surface area is 222 Å². The number of ketones is 1. The Morgan fingerprint density at radius 3 is 2.34 bits per heavy atom. The Morgan fingerprint density at radius 2 is 1.68 bits per heavy atom. The number of rotatable bonds is 8. The standard InChI is InChI=1S/C30H33N5O3/c1-6-21-14-16-22(17-15-21)28(29(38)31-30(3,4)5)35(24-11-9-10-23(18-24)20(2)36)27(37)19-34-26-13-8-7-12-25(26)32-33-34/h7-18,28H,6,19H2,1-5H3,(H,31,38). The van der Waals surface area contributed by atoms with Crippen LogP contribution in [0.25, 0.3) is 11.0 Å². The summed E-state index contributed by atoms with van der Waals surface area (Å²) in [5.74, 6) is -0.828. The second-order valence-corrected chi connectivity index (χ2v) is 10.3. The van der Waals surface area contributed by atoms with Gasteiger partial charge in [-0.1, -0.05) is 60.7 Å². The van der Waals surface area contributed by atoms with Crippen LogP contribution in [0.4, 0.5) is 5.69 Å². The van der Waals surface area contributed by atoms with E-state index in [2.05, 4.69) is 22.6 Å². The number of para-hydroxylation sites is 1. The van der Waals surface area contributed by atoms with Crippen molar-refractivity contribution in [2.24, 2.45) is 0 Å². The normalized spacial score (nSPS) is 12.2. The summed E-state index contributed by atoms with van der Waals surface area (Å²) in [5, 5.41) is 11.4. The Morgan fingerprint density at radius 1 is 0.974 bits per heavy atom. The zero-order valence-corrected chi connectivity index (χ0v) is 22.4. The Bertz CT molecular complexity index is 1470. The number of anilines is 1. The molecule has 3 aromatic carbocycles. The first-order chi connectivity index (χ1) is 18.1. The highest BCUT2D eigenvalue weighted by atomic mass is 16.2. The van der Waals surface area contributed by atoms with E-state index in [1.54, 1.807) is 24.3 Å². The van der Waals surface area contributed by atoms with Crippen LogP contribution in [0.15, 0.2) is 72.8 Å². The summed E-state index contributed by atoms with van der Waals surface area (Å²) in [6.45, 7) is 9.08. The molecule has 196 valence electrons. The van der Waals surface area contributed by atoms with Gasteiger partial charge in [0.05, 0.1) is 5.52 Å². The van der Waals surface area contributed by atoms with E-state index in [1.165, 1.54) is 16.5 Å². The molecule has 1 unspecified atom stereocenters. The number of nitrogens with one attached hydrogen (secondary N) is 1. The number of aromatic nitrogens is 3. The van der Waals surface area contributed by atoms with Gasteiger partial charge in [-0.15, -0.1) is 5.10 Å². The predicted octanol–water partition coefficient (Wildman–Crippen LogP) is 4.89. The van der Waals surface area contributed by atoms with Gasteiger partial charge >= 0.3 is 0 Å². The third-order valence-electron chi connectivity index (χ3n) is 6.21. The summed E-state index contributed by atoms with van der Waals surface area (Å²) in [6, 6.07) is 20.9. The van der Waals surface area contributed by atoms with Crippen LogP contribution in [0.2, 0.25) is 0 Å². The van der Waals surface area contributed by atoms with Gasteiger partial charge in [-0.2, -0.15) is 0 Å². The lowest BCUT2D eigenvalue weighted by Gasteiger charge is -2.34. The summed E-state index contributed by atoms with van der Waals surface area (Å²) in [5.41, 5.74) is 3.52. The summed E-state index contributed by atoms with van der Waals surface area (Å²) >= 11 is 0. The van der Waals surface area contributed by atoms with Crippen LogP contribution in [-0.2, 0) is 22.6 Å². The highest BCUT2D eigenvalue weighted by Crippen LogP contribution is 2.30. The summed E-state index contributed by atoms with van der Waals surface area (Å²) in [4.78, 5) is 41.7. The number of benzene rings is 3. The molecule has 0 fully saturated rings. The van der Waals surface area contributed by atoms with Crippen molar-refractivity contribution in [2.45, 2.75) is 59.2 Å². The van der Waals surface area contributed by atoms with E-state index < -0.39 is 11.6 Å². The van der Waals surface area contributed by atoms with E-state index in [-0.39, 0.29) is 24.1 Å². The lowest BCUT2D eigenvalue weighted by atomic mass is 9.98. The lowest BCUT2D eigenvalue weighted by Crippen LogP contribution is -2.50. The predicted molar refractivity (Wildman–Crippen MR) is 148 cm³/mol. The Balaban J connectivity index is 1.86. The first-order valence-electron chi connectivity index (χ1n) is 12.7.